The number of carbonyl (C=O) groups is 1. The molecule has 0 atom stereocenters. The lowest BCUT2D eigenvalue weighted by Gasteiger charge is -2.09. The fourth-order valence-corrected chi connectivity index (χ4v) is 2.20. The van der Waals surface area contributed by atoms with Gasteiger partial charge in [-0.3, -0.25) is 9.59 Å². The number of nitrogens with zero attached hydrogens (tertiary/aromatic N) is 2. The van der Waals surface area contributed by atoms with E-state index in [1.807, 2.05) is 6.07 Å². The van der Waals surface area contributed by atoms with Crippen LogP contribution in [0.5, 0.6) is 0 Å². The molecule has 0 spiro atoms. The molecule has 110 valence electrons. The lowest BCUT2D eigenvalue weighted by atomic mass is 10.3. The first-order chi connectivity index (χ1) is 9.88. The number of amides is 1. The van der Waals surface area contributed by atoms with Crippen molar-refractivity contribution in [3.05, 3.63) is 55.8 Å². The number of nitrogens with one attached hydrogen (secondary N) is 1. The molecule has 0 fully saturated rings. The van der Waals surface area contributed by atoms with Crippen LogP contribution < -0.4 is 22.3 Å². The standard InChI is InChI=1S/C13H13BrN4O3/c1-17-6-10(15)12(20)18(13(17)21)7-11(19)16-9-4-2-3-8(14)5-9/h2-6H,7,15H2,1H3,(H,16,19). The van der Waals surface area contributed by atoms with Crippen molar-refractivity contribution in [1.82, 2.24) is 9.13 Å². The van der Waals surface area contributed by atoms with E-state index in [-0.39, 0.29) is 5.69 Å². The minimum atomic E-state index is -0.678. The molecule has 1 aromatic heterocycles. The van der Waals surface area contributed by atoms with Crippen LogP contribution in [0, 0.1) is 0 Å². The maximum absolute atomic E-state index is 11.9. The third-order valence-corrected chi connectivity index (χ3v) is 3.26. The van der Waals surface area contributed by atoms with Crippen LogP contribution in [-0.4, -0.2) is 15.0 Å². The Bertz CT molecular complexity index is 776. The maximum Gasteiger partial charge on any atom is 0.331 e. The van der Waals surface area contributed by atoms with Crippen molar-refractivity contribution in [3.63, 3.8) is 0 Å². The molecule has 0 bridgehead atoms. The Morgan fingerprint density at radius 1 is 1.38 bits per heavy atom. The van der Waals surface area contributed by atoms with Crippen LogP contribution in [0.2, 0.25) is 0 Å². The largest absolute Gasteiger partial charge is 0.393 e. The van der Waals surface area contributed by atoms with Gasteiger partial charge in [-0.1, -0.05) is 22.0 Å². The number of aromatic nitrogens is 2. The van der Waals surface area contributed by atoms with Crippen molar-refractivity contribution in [2.24, 2.45) is 7.05 Å². The number of nitrogen functional groups attached to an aromatic ring is 1. The number of rotatable bonds is 3. The highest BCUT2D eigenvalue weighted by atomic mass is 79.9. The first kappa shape index (κ1) is 15.0. The topological polar surface area (TPSA) is 99.1 Å². The maximum atomic E-state index is 11.9. The third-order valence-electron chi connectivity index (χ3n) is 2.77. The fraction of sp³-hybridized carbons (Fsp3) is 0.154. The van der Waals surface area contributed by atoms with Gasteiger partial charge >= 0.3 is 5.69 Å². The Morgan fingerprint density at radius 2 is 2.10 bits per heavy atom. The molecule has 7 nitrogen and oxygen atoms in total. The number of anilines is 2. The van der Waals surface area contributed by atoms with E-state index in [0.717, 1.165) is 13.6 Å². The van der Waals surface area contributed by atoms with Gasteiger partial charge < -0.3 is 15.6 Å². The number of hydrogen-bond donors (Lipinski definition) is 2. The highest BCUT2D eigenvalue weighted by Crippen LogP contribution is 2.15. The molecule has 0 aliphatic carbocycles. The summed E-state index contributed by atoms with van der Waals surface area (Å²) in [6, 6.07) is 6.97. The van der Waals surface area contributed by atoms with Gasteiger partial charge in [-0.2, -0.15) is 0 Å². The molecule has 0 radical (unpaired) electrons. The summed E-state index contributed by atoms with van der Waals surface area (Å²) in [6.45, 7) is -0.400. The van der Waals surface area contributed by atoms with Gasteiger partial charge in [-0.05, 0) is 18.2 Å². The van der Waals surface area contributed by atoms with E-state index >= 15 is 0 Å². The monoisotopic (exact) mass is 352 g/mol. The van der Waals surface area contributed by atoms with Crippen molar-refractivity contribution in [1.29, 1.82) is 0 Å². The normalized spacial score (nSPS) is 10.4. The molecule has 21 heavy (non-hydrogen) atoms. The Labute approximate surface area is 128 Å². The highest BCUT2D eigenvalue weighted by molar-refractivity contribution is 9.10. The summed E-state index contributed by atoms with van der Waals surface area (Å²) in [5.74, 6) is -0.488. The second-order valence-electron chi connectivity index (χ2n) is 4.43. The molecule has 1 amide bonds. The van der Waals surface area contributed by atoms with Gasteiger partial charge in [-0.15, -0.1) is 0 Å². The van der Waals surface area contributed by atoms with Gasteiger partial charge in [-0.25, -0.2) is 9.36 Å². The number of benzene rings is 1. The van der Waals surface area contributed by atoms with Crippen molar-refractivity contribution >= 4 is 33.2 Å². The van der Waals surface area contributed by atoms with Crippen LogP contribution in [0.1, 0.15) is 0 Å². The lowest BCUT2D eigenvalue weighted by molar-refractivity contribution is -0.116. The molecule has 1 heterocycles. The quantitative estimate of drug-likeness (QED) is 0.841. The van der Waals surface area contributed by atoms with Crippen LogP contribution >= 0.6 is 15.9 Å². The first-order valence-electron chi connectivity index (χ1n) is 6.00. The third kappa shape index (κ3) is 3.40. The number of halogens is 1. The molecule has 0 saturated carbocycles. The zero-order valence-electron chi connectivity index (χ0n) is 11.2. The van der Waals surface area contributed by atoms with Gasteiger partial charge in [0.05, 0.1) is 0 Å². The van der Waals surface area contributed by atoms with Crippen molar-refractivity contribution in [2.75, 3.05) is 11.1 Å². The highest BCUT2D eigenvalue weighted by Gasteiger charge is 2.11. The van der Waals surface area contributed by atoms with Crippen LogP contribution in [-0.2, 0) is 18.4 Å². The van der Waals surface area contributed by atoms with Crippen molar-refractivity contribution < 1.29 is 4.79 Å². The van der Waals surface area contributed by atoms with E-state index in [1.54, 1.807) is 18.2 Å². The van der Waals surface area contributed by atoms with Crippen LogP contribution in [0.25, 0.3) is 0 Å². The van der Waals surface area contributed by atoms with Crippen LogP contribution in [0.3, 0.4) is 0 Å². The molecule has 0 saturated heterocycles. The van der Waals surface area contributed by atoms with E-state index in [9.17, 15) is 14.4 Å². The predicted molar refractivity (Wildman–Crippen MR) is 83.1 cm³/mol. The molecular weight excluding hydrogens is 340 g/mol. The molecule has 1 aromatic carbocycles. The Kier molecular flexibility index (Phi) is 4.27. The summed E-state index contributed by atoms with van der Waals surface area (Å²) in [6.07, 6.45) is 1.23. The molecule has 8 heteroatoms. The summed E-state index contributed by atoms with van der Waals surface area (Å²) in [5.41, 5.74) is 4.70. The second kappa shape index (κ2) is 5.96. The minimum absolute atomic E-state index is 0.0904. The Hall–Kier alpha value is -2.35. The van der Waals surface area contributed by atoms with Crippen LogP contribution in [0.4, 0.5) is 11.4 Å². The zero-order valence-corrected chi connectivity index (χ0v) is 12.8. The van der Waals surface area contributed by atoms with Gasteiger partial charge in [0.1, 0.15) is 12.2 Å². The molecule has 0 aliphatic heterocycles. The van der Waals surface area contributed by atoms with E-state index in [4.69, 9.17) is 5.73 Å². The summed E-state index contributed by atoms with van der Waals surface area (Å²) in [5, 5.41) is 2.61. The van der Waals surface area contributed by atoms with Gasteiger partial charge in [0.25, 0.3) is 5.56 Å². The van der Waals surface area contributed by atoms with Crippen molar-refractivity contribution in [3.8, 4) is 0 Å². The lowest BCUT2D eigenvalue weighted by Crippen LogP contribution is -2.42. The molecular formula is C13H13BrN4O3. The second-order valence-corrected chi connectivity index (χ2v) is 5.34. The Balaban J connectivity index is 2.25. The van der Waals surface area contributed by atoms with Gasteiger partial charge in [0, 0.05) is 23.4 Å². The first-order valence-corrected chi connectivity index (χ1v) is 6.79. The number of nitrogens with two attached hydrogens (primary N) is 1. The fourth-order valence-electron chi connectivity index (χ4n) is 1.80. The zero-order chi connectivity index (χ0) is 15.6. The summed E-state index contributed by atoms with van der Waals surface area (Å²) < 4.78 is 2.75. The van der Waals surface area contributed by atoms with Crippen molar-refractivity contribution in [2.45, 2.75) is 6.54 Å². The van der Waals surface area contributed by atoms with Gasteiger partial charge in [0.2, 0.25) is 5.91 Å². The molecule has 0 unspecified atom stereocenters. The van der Waals surface area contributed by atoms with Crippen LogP contribution in [0.15, 0.2) is 44.5 Å². The average Bonchev–Trinajstić information content (AvgIpc) is 2.41. The van der Waals surface area contributed by atoms with E-state index in [0.29, 0.717) is 5.69 Å². The van der Waals surface area contributed by atoms with E-state index < -0.39 is 23.7 Å². The molecule has 2 rings (SSSR count). The number of hydrogen-bond acceptors (Lipinski definition) is 4. The average molecular weight is 353 g/mol. The number of carbonyl (C=O) groups excluding carboxylic acids is 1. The van der Waals surface area contributed by atoms with Gasteiger partial charge in [0.15, 0.2) is 0 Å². The smallest absolute Gasteiger partial charge is 0.331 e. The predicted octanol–water partition coefficient (Wildman–Crippen LogP) is 0.530. The summed E-state index contributed by atoms with van der Waals surface area (Å²) in [7, 11) is 1.46. The minimum Gasteiger partial charge on any atom is -0.393 e. The summed E-state index contributed by atoms with van der Waals surface area (Å²) in [4.78, 5) is 35.6. The Morgan fingerprint density at radius 3 is 2.76 bits per heavy atom. The molecule has 2 aromatic rings. The molecule has 0 aliphatic rings. The van der Waals surface area contributed by atoms with E-state index in [2.05, 4.69) is 21.2 Å². The summed E-state index contributed by atoms with van der Waals surface area (Å²) >= 11 is 3.28. The number of aryl methyl sites for hydroxylation is 1. The molecule has 3 N–H and O–H groups in total. The van der Waals surface area contributed by atoms with E-state index in [1.165, 1.54) is 13.2 Å². The SMILES string of the molecule is Cn1cc(N)c(=O)n(CC(=O)Nc2cccc(Br)c2)c1=O.